The molecule has 17 heavy (non-hydrogen) atoms. The van der Waals surface area contributed by atoms with Gasteiger partial charge in [0.05, 0.1) is 11.8 Å². The van der Waals surface area contributed by atoms with E-state index in [1.165, 1.54) is 6.07 Å². The van der Waals surface area contributed by atoms with Gasteiger partial charge in [0.2, 0.25) is 0 Å². The SMILES string of the molecule is CSCC(C)N(C)c1c(F)cccc1C(C)O. The maximum absolute atomic E-state index is 13.9. The normalized spacial score (nSPS) is 14.5. The highest BCUT2D eigenvalue weighted by Crippen LogP contribution is 2.30. The van der Waals surface area contributed by atoms with Crippen LogP contribution >= 0.6 is 11.8 Å². The van der Waals surface area contributed by atoms with Gasteiger partial charge in [-0.25, -0.2) is 4.39 Å². The summed E-state index contributed by atoms with van der Waals surface area (Å²) in [6.07, 6.45) is 1.37. The molecule has 0 aliphatic heterocycles. The number of rotatable bonds is 5. The van der Waals surface area contributed by atoms with Crippen LogP contribution in [0, 0.1) is 5.82 Å². The first-order valence-corrected chi connectivity index (χ1v) is 7.06. The first kappa shape index (κ1) is 14.3. The summed E-state index contributed by atoms with van der Waals surface area (Å²) in [6.45, 7) is 3.71. The summed E-state index contributed by atoms with van der Waals surface area (Å²) in [6, 6.07) is 5.06. The van der Waals surface area contributed by atoms with E-state index >= 15 is 0 Å². The third-order valence-electron chi connectivity index (χ3n) is 2.89. The van der Waals surface area contributed by atoms with Crippen molar-refractivity contribution in [2.24, 2.45) is 0 Å². The van der Waals surface area contributed by atoms with Crippen LogP contribution in [0.25, 0.3) is 0 Å². The molecule has 0 amide bonds. The van der Waals surface area contributed by atoms with Gasteiger partial charge in [0.1, 0.15) is 5.82 Å². The molecule has 0 bridgehead atoms. The molecular weight excluding hydrogens is 237 g/mol. The van der Waals surface area contributed by atoms with Crippen LogP contribution in [0.1, 0.15) is 25.5 Å². The highest BCUT2D eigenvalue weighted by molar-refractivity contribution is 7.98. The number of aliphatic hydroxyl groups excluding tert-OH is 1. The maximum Gasteiger partial charge on any atom is 0.146 e. The fourth-order valence-electron chi connectivity index (χ4n) is 1.81. The standard InChI is InChI=1S/C13H20FNOS/c1-9(8-17-4)15(3)13-11(10(2)16)6-5-7-12(13)14/h5-7,9-10,16H,8H2,1-4H3. The maximum atomic E-state index is 13.9. The van der Waals surface area contributed by atoms with Crippen LogP contribution in [0.4, 0.5) is 10.1 Å². The van der Waals surface area contributed by atoms with E-state index in [0.29, 0.717) is 11.3 Å². The summed E-state index contributed by atoms with van der Waals surface area (Å²) in [5.41, 5.74) is 1.14. The van der Waals surface area contributed by atoms with Crippen molar-refractivity contribution in [3.8, 4) is 0 Å². The van der Waals surface area contributed by atoms with Gasteiger partial charge in [-0.2, -0.15) is 11.8 Å². The second kappa shape index (κ2) is 6.26. The summed E-state index contributed by atoms with van der Waals surface area (Å²) in [5.74, 6) is 0.642. The van der Waals surface area contributed by atoms with Crippen molar-refractivity contribution in [1.29, 1.82) is 0 Å². The molecule has 2 nitrogen and oxygen atoms in total. The Balaban J connectivity index is 3.10. The molecule has 1 aromatic carbocycles. The van der Waals surface area contributed by atoms with Crippen molar-refractivity contribution in [3.63, 3.8) is 0 Å². The molecule has 0 radical (unpaired) electrons. The largest absolute Gasteiger partial charge is 0.389 e. The van der Waals surface area contributed by atoms with Crippen LogP contribution in [0.5, 0.6) is 0 Å². The zero-order chi connectivity index (χ0) is 13.0. The van der Waals surface area contributed by atoms with Crippen LogP contribution in [0.2, 0.25) is 0 Å². The zero-order valence-corrected chi connectivity index (χ0v) is 11.6. The number of para-hydroxylation sites is 1. The fourth-order valence-corrected chi connectivity index (χ4v) is 2.52. The average Bonchev–Trinajstić information content (AvgIpc) is 2.28. The van der Waals surface area contributed by atoms with E-state index in [2.05, 4.69) is 6.92 Å². The molecule has 0 saturated heterocycles. The number of hydrogen-bond acceptors (Lipinski definition) is 3. The lowest BCUT2D eigenvalue weighted by Gasteiger charge is -2.29. The molecule has 0 aliphatic rings. The molecule has 0 spiro atoms. The Hall–Kier alpha value is -0.740. The molecule has 0 fully saturated rings. The Morgan fingerprint density at radius 2 is 2.06 bits per heavy atom. The molecule has 1 rings (SSSR count). The Bertz CT molecular complexity index is 370. The number of thioether (sulfide) groups is 1. The van der Waals surface area contributed by atoms with Gasteiger partial charge in [0.15, 0.2) is 0 Å². The first-order chi connectivity index (χ1) is 7.99. The van der Waals surface area contributed by atoms with E-state index in [-0.39, 0.29) is 11.9 Å². The average molecular weight is 257 g/mol. The van der Waals surface area contributed by atoms with Crippen molar-refractivity contribution in [1.82, 2.24) is 0 Å². The van der Waals surface area contributed by atoms with Gasteiger partial charge in [-0.3, -0.25) is 0 Å². The van der Waals surface area contributed by atoms with Crippen LogP contribution in [0.3, 0.4) is 0 Å². The first-order valence-electron chi connectivity index (χ1n) is 5.67. The van der Waals surface area contributed by atoms with Crippen LogP contribution in [-0.4, -0.2) is 30.2 Å². The molecule has 0 aromatic heterocycles. The third-order valence-corrected chi connectivity index (χ3v) is 3.71. The molecular formula is C13H20FNOS. The lowest BCUT2D eigenvalue weighted by atomic mass is 10.1. The molecule has 0 heterocycles. The molecule has 1 aromatic rings. The van der Waals surface area contributed by atoms with E-state index in [1.54, 1.807) is 30.8 Å². The second-order valence-electron chi connectivity index (χ2n) is 4.27. The summed E-state index contributed by atoms with van der Waals surface area (Å²) >= 11 is 1.73. The van der Waals surface area contributed by atoms with E-state index < -0.39 is 6.10 Å². The smallest absolute Gasteiger partial charge is 0.146 e. The number of halogens is 1. The summed E-state index contributed by atoms with van der Waals surface area (Å²) in [5, 5.41) is 9.69. The lowest BCUT2D eigenvalue weighted by molar-refractivity contribution is 0.199. The minimum absolute atomic E-state index is 0.222. The van der Waals surface area contributed by atoms with E-state index in [4.69, 9.17) is 0 Å². The van der Waals surface area contributed by atoms with Gasteiger partial charge >= 0.3 is 0 Å². The van der Waals surface area contributed by atoms with Crippen molar-refractivity contribution >= 4 is 17.4 Å². The molecule has 2 unspecified atom stereocenters. The van der Waals surface area contributed by atoms with Crippen LogP contribution in [-0.2, 0) is 0 Å². The minimum atomic E-state index is -0.662. The van der Waals surface area contributed by atoms with Crippen molar-refractivity contribution in [3.05, 3.63) is 29.6 Å². The molecule has 0 aliphatic carbocycles. The highest BCUT2D eigenvalue weighted by atomic mass is 32.2. The molecule has 4 heteroatoms. The monoisotopic (exact) mass is 257 g/mol. The lowest BCUT2D eigenvalue weighted by Crippen LogP contribution is -2.32. The number of anilines is 1. The summed E-state index contributed by atoms with van der Waals surface area (Å²) in [4.78, 5) is 1.90. The van der Waals surface area contributed by atoms with E-state index in [0.717, 1.165) is 5.75 Å². The van der Waals surface area contributed by atoms with Gasteiger partial charge in [-0.1, -0.05) is 12.1 Å². The van der Waals surface area contributed by atoms with Crippen molar-refractivity contribution in [2.75, 3.05) is 24.0 Å². The van der Waals surface area contributed by atoms with E-state index in [1.807, 2.05) is 18.2 Å². The van der Waals surface area contributed by atoms with Crippen LogP contribution < -0.4 is 4.90 Å². The molecule has 96 valence electrons. The Kier molecular flexibility index (Phi) is 5.28. The fraction of sp³-hybridized carbons (Fsp3) is 0.538. The Morgan fingerprint density at radius 3 is 2.59 bits per heavy atom. The van der Waals surface area contributed by atoms with Gasteiger partial charge < -0.3 is 10.0 Å². The predicted molar refractivity (Wildman–Crippen MR) is 73.3 cm³/mol. The third kappa shape index (κ3) is 3.36. The summed E-state index contributed by atoms with van der Waals surface area (Å²) < 4.78 is 13.9. The summed E-state index contributed by atoms with van der Waals surface area (Å²) in [7, 11) is 1.87. The molecule has 2 atom stereocenters. The van der Waals surface area contributed by atoms with Gasteiger partial charge in [0.25, 0.3) is 0 Å². The number of nitrogens with zero attached hydrogens (tertiary/aromatic N) is 1. The quantitative estimate of drug-likeness (QED) is 0.877. The topological polar surface area (TPSA) is 23.5 Å². The van der Waals surface area contributed by atoms with Gasteiger partial charge in [0, 0.05) is 24.4 Å². The van der Waals surface area contributed by atoms with Gasteiger partial charge in [-0.15, -0.1) is 0 Å². The minimum Gasteiger partial charge on any atom is -0.389 e. The molecule has 1 N–H and O–H groups in total. The second-order valence-corrected chi connectivity index (χ2v) is 5.18. The molecule has 0 saturated carbocycles. The van der Waals surface area contributed by atoms with E-state index in [9.17, 15) is 9.50 Å². The van der Waals surface area contributed by atoms with Crippen molar-refractivity contribution < 1.29 is 9.50 Å². The predicted octanol–water partition coefficient (Wildman–Crippen LogP) is 3.07. The Morgan fingerprint density at radius 1 is 1.41 bits per heavy atom. The highest BCUT2D eigenvalue weighted by Gasteiger charge is 2.19. The number of benzene rings is 1. The number of hydrogen-bond donors (Lipinski definition) is 1. The number of aliphatic hydroxyl groups is 1. The zero-order valence-electron chi connectivity index (χ0n) is 10.8. The van der Waals surface area contributed by atoms with Gasteiger partial charge in [-0.05, 0) is 26.2 Å². The van der Waals surface area contributed by atoms with Crippen molar-refractivity contribution in [2.45, 2.75) is 26.0 Å². The Labute approximate surface area is 107 Å². The van der Waals surface area contributed by atoms with Crippen LogP contribution in [0.15, 0.2) is 18.2 Å².